The smallest absolute Gasteiger partial charge is 0.266 e. The number of carbonyl (C=O) groups excluding carboxylic acids is 1. The summed E-state index contributed by atoms with van der Waals surface area (Å²) in [5.74, 6) is 0.0242. The molecule has 3 rings (SSSR count). The molecule has 0 radical (unpaired) electrons. The summed E-state index contributed by atoms with van der Waals surface area (Å²) in [7, 11) is 0. The molecule has 0 saturated carbocycles. The summed E-state index contributed by atoms with van der Waals surface area (Å²) in [6.07, 6.45) is 11.9. The Labute approximate surface area is 131 Å². The van der Waals surface area contributed by atoms with Gasteiger partial charge in [-0.25, -0.2) is 9.13 Å². The summed E-state index contributed by atoms with van der Waals surface area (Å²) in [6, 6.07) is 6.28. The molecule has 0 bridgehead atoms. The van der Waals surface area contributed by atoms with E-state index in [4.69, 9.17) is 0 Å². The van der Waals surface area contributed by atoms with E-state index in [0.29, 0.717) is 6.54 Å². The van der Waals surface area contributed by atoms with Gasteiger partial charge in [-0.1, -0.05) is 19.4 Å². The highest BCUT2D eigenvalue weighted by Gasteiger charge is 2.13. The molecule has 4 heteroatoms. The van der Waals surface area contributed by atoms with Gasteiger partial charge in [-0.15, -0.1) is 0 Å². The van der Waals surface area contributed by atoms with E-state index >= 15 is 0 Å². The zero-order valence-corrected chi connectivity index (χ0v) is 13.2. The summed E-state index contributed by atoms with van der Waals surface area (Å²) in [5.41, 5.74) is 3.73. The fraction of sp³-hybridized carbons (Fsp3) is 0.444. The molecule has 0 spiro atoms. The number of aromatic nitrogens is 2. The van der Waals surface area contributed by atoms with E-state index in [1.807, 2.05) is 29.4 Å². The molecule has 1 heterocycles. The first-order valence-electron chi connectivity index (χ1n) is 8.21. The predicted octanol–water partition coefficient (Wildman–Crippen LogP) is 2.70. The number of hydrogen-bond acceptors (Lipinski definition) is 1. The van der Waals surface area contributed by atoms with Crippen molar-refractivity contribution in [1.29, 1.82) is 0 Å². The van der Waals surface area contributed by atoms with Crippen LogP contribution in [0.3, 0.4) is 0 Å². The quantitative estimate of drug-likeness (QED) is 0.818. The second kappa shape index (κ2) is 6.77. The van der Waals surface area contributed by atoms with Crippen LogP contribution in [0.4, 0.5) is 5.69 Å². The average molecular weight is 298 g/mol. The summed E-state index contributed by atoms with van der Waals surface area (Å²) < 4.78 is 4.06. The fourth-order valence-corrected chi connectivity index (χ4v) is 3.02. The number of hydrogen-bond donors (Lipinski definition) is 1. The van der Waals surface area contributed by atoms with E-state index in [2.05, 4.69) is 28.9 Å². The molecule has 1 N–H and O–H groups in total. The number of rotatable bonds is 6. The van der Waals surface area contributed by atoms with Gasteiger partial charge >= 0.3 is 0 Å². The molecule has 1 amide bonds. The zero-order chi connectivity index (χ0) is 15.4. The van der Waals surface area contributed by atoms with Gasteiger partial charge in [-0.2, -0.15) is 0 Å². The van der Waals surface area contributed by atoms with Crippen molar-refractivity contribution >= 4 is 11.6 Å². The van der Waals surface area contributed by atoms with Crippen molar-refractivity contribution in [2.45, 2.75) is 52.1 Å². The predicted molar refractivity (Wildman–Crippen MR) is 86.6 cm³/mol. The van der Waals surface area contributed by atoms with Crippen molar-refractivity contribution in [3.05, 3.63) is 48.0 Å². The van der Waals surface area contributed by atoms with Crippen molar-refractivity contribution in [3.63, 3.8) is 0 Å². The van der Waals surface area contributed by atoms with Crippen LogP contribution >= 0.6 is 0 Å². The van der Waals surface area contributed by atoms with Crippen LogP contribution in [0.2, 0.25) is 0 Å². The van der Waals surface area contributed by atoms with Gasteiger partial charge in [0.15, 0.2) is 6.54 Å². The second-order valence-electron chi connectivity index (χ2n) is 6.06. The third kappa shape index (κ3) is 3.56. The normalized spacial score (nSPS) is 13.1. The van der Waals surface area contributed by atoms with E-state index in [0.717, 1.165) is 25.1 Å². The lowest BCUT2D eigenvalue weighted by Crippen LogP contribution is -2.38. The molecule has 0 saturated heterocycles. The van der Waals surface area contributed by atoms with Crippen LogP contribution in [0.15, 0.2) is 36.9 Å². The van der Waals surface area contributed by atoms with Crippen LogP contribution in [-0.4, -0.2) is 10.5 Å². The van der Waals surface area contributed by atoms with Crippen molar-refractivity contribution in [1.82, 2.24) is 4.57 Å². The van der Waals surface area contributed by atoms with Gasteiger partial charge in [0.05, 0.1) is 6.54 Å². The summed E-state index contributed by atoms with van der Waals surface area (Å²) in [4.78, 5) is 12.2. The Morgan fingerprint density at radius 2 is 2.18 bits per heavy atom. The Bertz CT molecular complexity index is 660. The lowest BCUT2D eigenvalue weighted by atomic mass is 10.1. The number of amides is 1. The Morgan fingerprint density at radius 3 is 3.05 bits per heavy atom. The van der Waals surface area contributed by atoms with Gasteiger partial charge in [0.25, 0.3) is 5.91 Å². The first kappa shape index (κ1) is 14.8. The molecule has 0 fully saturated rings. The number of carbonyl (C=O) groups is 1. The molecule has 4 nitrogen and oxygen atoms in total. The second-order valence-corrected chi connectivity index (χ2v) is 6.06. The highest BCUT2D eigenvalue weighted by atomic mass is 16.1. The standard InChI is InChI=1S/C18H23N3O/c1-2-3-9-20-10-11-21(14-20)13-18(22)19-17-8-7-15-5-4-6-16(15)12-17/h7-8,10-12,14H,2-6,9,13H2,1H3/p+1. The molecular formula is C18H24N3O+. The van der Waals surface area contributed by atoms with Gasteiger partial charge in [0, 0.05) is 5.69 Å². The molecule has 1 aliphatic carbocycles. The number of fused-ring (bicyclic) bond motifs is 1. The maximum absolute atomic E-state index is 12.2. The van der Waals surface area contributed by atoms with Crippen LogP contribution in [0, 0.1) is 0 Å². The van der Waals surface area contributed by atoms with Crippen LogP contribution in [0.25, 0.3) is 0 Å². The first-order valence-corrected chi connectivity index (χ1v) is 8.21. The molecule has 22 heavy (non-hydrogen) atoms. The Balaban J connectivity index is 1.57. The lowest BCUT2D eigenvalue weighted by molar-refractivity contribution is -0.683. The first-order chi connectivity index (χ1) is 10.7. The summed E-state index contributed by atoms with van der Waals surface area (Å²) >= 11 is 0. The zero-order valence-electron chi connectivity index (χ0n) is 13.2. The van der Waals surface area contributed by atoms with Gasteiger partial charge in [0.2, 0.25) is 6.33 Å². The van der Waals surface area contributed by atoms with E-state index in [1.54, 1.807) is 0 Å². The number of nitrogens with zero attached hydrogens (tertiary/aromatic N) is 2. The Hall–Kier alpha value is -2.10. The molecule has 0 aliphatic heterocycles. The van der Waals surface area contributed by atoms with E-state index in [1.165, 1.54) is 30.4 Å². The molecule has 1 aliphatic rings. The van der Waals surface area contributed by atoms with Crippen molar-refractivity contribution < 1.29 is 9.36 Å². The number of unbranched alkanes of at least 4 members (excludes halogenated alkanes) is 1. The third-order valence-electron chi connectivity index (χ3n) is 4.22. The Kier molecular flexibility index (Phi) is 4.56. The molecule has 0 unspecified atom stereocenters. The molecule has 0 atom stereocenters. The minimum atomic E-state index is 0.0242. The average Bonchev–Trinajstić information content (AvgIpc) is 3.13. The van der Waals surface area contributed by atoms with Crippen LogP contribution in [0.5, 0.6) is 0 Å². The monoisotopic (exact) mass is 298 g/mol. The number of anilines is 1. The number of nitrogens with one attached hydrogen (secondary N) is 1. The van der Waals surface area contributed by atoms with Gasteiger partial charge in [0.1, 0.15) is 12.4 Å². The molecular weight excluding hydrogens is 274 g/mol. The number of imidazole rings is 1. The number of aryl methyl sites for hydroxylation is 3. The topological polar surface area (TPSA) is 37.9 Å². The minimum Gasteiger partial charge on any atom is -0.323 e. The SMILES string of the molecule is CCCCn1cc[n+](CC(=O)Nc2ccc3c(c2)CCC3)c1. The third-order valence-corrected chi connectivity index (χ3v) is 4.22. The van der Waals surface area contributed by atoms with Crippen LogP contribution < -0.4 is 9.88 Å². The molecule has 1 aromatic heterocycles. The van der Waals surface area contributed by atoms with E-state index < -0.39 is 0 Å². The number of benzene rings is 1. The molecule has 1 aromatic carbocycles. The Morgan fingerprint density at radius 1 is 1.32 bits per heavy atom. The molecule has 2 aromatic rings. The van der Waals surface area contributed by atoms with Gasteiger partial charge < -0.3 is 5.32 Å². The maximum Gasteiger partial charge on any atom is 0.266 e. The van der Waals surface area contributed by atoms with E-state index in [-0.39, 0.29) is 5.91 Å². The van der Waals surface area contributed by atoms with Crippen molar-refractivity contribution in [2.75, 3.05) is 5.32 Å². The maximum atomic E-state index is 12.2. The van der Waals surface area contributed by atoms with Gasteiger partial charge in [-0.3, -0.25) is 4.79 Å². The lowest BCUT2D eigenvalue weighted by Gasteiger charge is -2.06. The highest BCUT2D eigenvalue weighted by molar-refractivity contribution is 5.89. The highest BCUT2D eigenvalue weighted by Crippen LogP contribution is 2.24. The van der Waals surface area contributed by atoms with E-state index in [9.17, 15) is 4.79 Å². The summed E-state index contributed by atoms with van der Waals surface area (Å²) in [6.45, 7) is 3.55. The van der Waals surface area contributed by atoms with Crippen molar-refractivity contribution in [2.24, 2.45) is 0 Å². The van der Waals surface area contributed by atoms with Crippen molar-refractivity contribution in [3.8, 4) is 0 Å². The minimum absolute atomic E-state index is 0.0242. The van der Waals surface area contributed by atoms with Crippen LogP contribution in [0.1, 0.15) is 37.3 Å². The fourth-order valence-electron chi connectivity index (χ4n) is 3.02. The van der Waals surface area contributed by atoms with Gasteiger partial charge in [-0.05, 0) is 48.9 Å². The largest absolute Gasteiger partial charge is 0.323 e. The summed E-state index contributed by atoms with van der Waals surface area (Å²) in [5, 5.41) is 3.00. The molecule has 116 valence electrons. The van der Waals surface area contributed by atoms with Crippen LogP contribution in [-0.2, 0) is 30.7 Å².